The van der Waals surface area contributed by atoms with Gasteiger partial charge in [0.05, 0.1) is 0 Å². The highest BCUT2D eigenvalue weighted by atomic mass is 16.6. The van der Waals surface area contributed by atoms with Gasteiger partial charge in [-0.15, -0.1) is 0 Å². The molecule has 0 atom stereocenters. The minimum absolute atomic E-state index is 0.0917. The quantitative estimate of drug-likeness (QED) is 0.531. The van der Waals surface area contributed by atoms with Gasteiger partial charge in [-0.05, 0) is 65.4 Å². The number of rotatable bonds is 4. The third-order valence-electron chi connectivity index (χ3n) is 4.38. The summed E-state index contributed by atoms with van der Waals surface area (Å²) in [5.74, 6) is 0.869. The number of aryl methyl sites for hydroxylation is 2. The molecule has 0 aliphatic heterocycles. The molecule has 0 aromatic heterocycles. The molecule has 3 aromatic rings. The molecule has 24 heavy (non-hydrogen) atoms. The van der Waals surface area contributed by atoms with Gasteiger partial charge in [-0.25, -0.2) is 4.79 Å². The second-order valence-corrected chi connectivity index (χ2v) is 6.06. The van der Waals surface area contributed by atoms with E-state index in [0.717, 1.165) is 29.4 Å². The van der Waals surface area contributed by atoms with Crippen LogP contribution in [-0.2, 0) is 17.6 Å². The average Bonchev–Trinajstić information content (AvgIpc) is 3.07. The first-order valence-electron chi connectivity index (χ1n) is 8.22. The molecule has 0 radical (unpaired) electrons. The standard InChI is InChI=1S/C21H18O3/c22-21(14-23-19-10-8-16-6-3-7-18(16)12-19)24-20-11-9-15-4-1-2-5-17(15)13-20/h1-2,4-5,8-13H,3,6-7,14H2. The molecule has 0 unspecified atom stereocenters. The van der Waals surface area contributed by atoms with Crippen LogP contribution in [0, 0.1) is 0 Å². The molecule has 3 aromatic carbocycles. The molecule has 0 heterocycles. The number of hydrogen-bond acceptors (Lipinski definition) is 3. The van der Waals surface area contributed by atoms with Gasteiger partial charge in [-0.1, -0.05) is 36.4 Å². The second kappa shape index (κ2) is 6.36. The van der Waals surface area contributed by atoms with Crippen molar-refractivity contribution in [3.63, 3.8) is 0 Å². The van der Waals surface area contributed by atoms with Crippen LogP contribution >= 0.6 is 0 Å². The van der Waals surface area contributed by atoms with Crippen molar-refractivity contribution in [3.05, 3.63) is 71.8 Å². The van der Waals surface area contributed by atoms with E-state index in [1.54, 1.807) is 6.07 Å². The largest absolute Gasteiger partial charge is 0.482 e. The maximum absolute atomic E-state index is 12.0. The minimum atomic E-state index is -0.397. The summed E-state index contributed by atoms with van der Waals surface area (Å²) in [5.41, 5.74) is 2.72. The van der Waals surface area contributed by atoms with Crippen molar-refractivity contribution >= 4 is 16.7 Å². The molecule has 0 amide bonds. The minimum Gasteiger partial charge on any atom is -0.482 e. The van der Waals surface area contributed by atoms with E-state index in [1.165, 1.54) is 17.5 Å². The van der Waals surface area contributed by atoms with Gasteiger partial charge in [0.15, 0.2) is 6.61 Å². The van der Waals surface area contributed by atoms with Crippen LogP contribution in [0.5, 0.6) is 11.5 Å². The Bertz CT molecular complexity index is 898. The third kappa shape index (κ3) is 3.11. The van der Waals surface area contributed by atoms with Crippen LogP contribution in [0.1, 0.15) is 17.5 Å². The molecule has 3 nitrogen and oxygen atoms in total. The number of benzene rings is 3. The molecule has 1 aliphatic rings. The summed E-state index contributed by atoms with van der Waals surface area (Å²) in [5, 5.41) is 2.16. The lowest BCUT2D eigenvalue weighted by molar-refractivity contribution is -0.136. The molecule has 0 spiro atoms. The Morgan fingerprint density at radius 2 is 1.62 bits per heavy atom. The topological polar surface area (TPSA) is 35.5 Å². The zero-order valence-electron chi connectivity index (χ0n) is 13.3. The zero-order chi connectivity index (χ0) is 16.4. The van der Waals surface area contributed by atoms with Gasteiger partial charge in [0.2, 0.25) is 0 Å². The molecule has 3 heteroatoms. The second-order valence-electron chi connectivity index (χ2n) is 6.06. The fourth-order valence-corrected chi connectivity index (χ4v) is 3.17. The first-order valence-corrected chi connectivity index (χ1v) is 8.22. The number of ether oxygens (including phenoxy) is 2. The summed E-state index contributed by atoms with van der Waals surface area (Å²) in [6.07, 6.45) is 3.43. The predicted molar refractivity (Wildman–Crippen MR) is 93.5 cm³/mol. The lowest BCUT2D eigenvalue weighted by atomic mass is 10.1. The van der Waals surface area contributed by atoms with Crippen LogP contribution in [0.3, 0.4) is 0 Å². The summed E-state index contributed by atoms with van der Waals surface area (Å²) in [7, 11) is 0. The van der Waals surface area contributed by atoms with Crippen molar-refractivity contribution in [2.45, 2.75) is 19.3 Å². The number of esters is 1. The third-order valence-corrected chi connectivity index (χ3v) is 4.38. The molecule has 0 saturated carbocycles. The highest BCUT2D eigenvalue weighted by Gasteiger charge is 2.12. The fourth-order valence-electron chi connectivity index (χ4n) is 3.17. The molecule has 0 saturated heterocycles. The van der Waals surface area contributed by atoms with E-state index in [-0.39, 0.29) is 6.61 Å². The lowest BCUT2D eigenvalue weighted by Gasteiger charge is -2.09. The van der Waals surface area contributed by atoms with Crippen molar-refractivity contribution in [3.8, 4) is 11.5 Å². The highest BCUT2D eigenvalue weighted by molar-refractivity contribution is 5.84. The maximum Gasteiger partial charge on any atom is 0.349 e. The Hall–Kier alpha value is -2.81. The monoisotopic (exact) mass is 318 g/mol. The van der Waals surface area contributed by atoms with E-state index >= 15 is 0 Å². The number of fused-ring (bicyclic) bond motifs is 2. The highest BCUT2D eigenvalue weighted by Crippen LogP contribution is 2.26. The maximum atomic E-state index is 12.0. The number of carbonyl (C=O) groups excluding carboxylic acids is 1. The van der Waals surface area contributed by atoms with Crippen molar-refractivity contribution in [2.24, 2.45) is 0 Å². The first-order chi connectivity index (χ1) is 11.8. The van der Waals surface area contributed by atoms with Gasteiger partial charge in [-0.3, -0.25) is 0 Å². The Labute approximate surface area is 140 Å². The van der Waals surface area contributed by atoms with Crippen LogP contribution < -0.4 is 9.47 Å². The van der Waals surface area contributed by atoms with E-state index in [1.807, 2.05) is 48.5 Å². The van der Waals surface area contributed by atoms with Crippen LogP contribution in [0.4, 0.5) is 0 Å². The molecule has 0 bridgehead atoms. The number of carbonyl (C=O) groups is 1. The summed E-state index contributed by atoms with van der Waals surface area (Å²) in [6.45, 7) is -0.0917. The predicted octanol–water partition coefficient (Wildman–Crippen LogP) is 4.31. The Kier molecular flexibility index (Phi) is 3.91. The average molecular weight is 318 g/mol. The normalized spacial score (nSPS) is 12.8. The van der Waals surface area contributed by atoms with Gasteiger partial charge < -0.3 is 9.47 Å². The van der Waals surface area contributed by atoms with E-state index in [0.29, 0.717) is 5.75 Å². The van der Waals surface area contributed by atoms with Crippen molar-refractivity contribution in [2.75, 3.05) is 6.61 Å². The lowest BCUT2D eigenvalue weighted by Crippen LogP contribution is -2.17. The Morgan fingerprint density at radius 1 is 0.833 bits per heavy atom. The molecule has 1 aliphatic carbocycles. The summed E-state index contributed by atoms with van der Waals surface area (Å²) in [6, 6.07) is 19.6. The summed E-state index contributed by atoms with van der Waals surface area (Å²) < 4.78 is 11.0. The van der Waals surface area contributed by atoms with Gasteiger partial charge in [0.1, 0.15) is 11.5 Å². The molecule has 0 fully saturated rings. The smallest absolute Gasteiger partial charge is 0.349 e. The van der Waals surface area contributed by atoms with E-state index < -0.39 is 5.97 Å². The zero-order valence-corrected chi connectivity index (χ0v) is 13.3. The van der Waals surface area contributed by atoms with Crippen LogP contribution in [-0.4, -0.2) is 12.6 Å². The summed E-state index contributed by atoms with van der Waals surface area (Å²) in [4.78, 5) is 12.0. The Balaban J connectivity index is 1.39. The molecule has 4 rings (SSSR count). The summed E-state index contributed by atoms with van der Waals surface area (Å²) >= 11 is 0. The van der Waals surface area contributed by atoms with Crippen molar-refractivity contribution < 1.29 is 14.3 Å². The van der Waals surface area contributed by atoms with Crippen molar-refractivity contribution in [1.29, 1.82) is 0 Å². The fraction of sp³-hybridized carbons (Fsp3) is 0.190. The molecular weight excluding hydrogens is 300 g/mol. The molecule has 120 valence electrons. The molecular formula is C21H18O3. The SMILES string of the molecule is O=C(COc1ccc2c(c1)CCC2)Oc1ccc2ccccc2c1. The van der Waals surface area contributed by atoms with Gasteiger partial charge in [-0.2, -0.15) is 0 Å². The molecule has 0 N–H and O–H groups in total. The van der Waals surface area contributed by atoms with Gasteiger partial charge in [0.25, 0.3) is 0 Å². The van der Waals surface area contributed by atoms with Crippen LogP contribution in [0.15, 0.2) is 60.7 Å². The van der Waals surface area contributed by atoms with E-state index in [9.17, 15) is 4.79 Å². The van der Waals surface area contributed by atoms with Gasteiger partial charge >= 0.3 is 5.97 Å². The Morgan fingerprint density at radius 3 is 2.54 bits per heavy atom. The number of hydrogen-bond donors (Lipinski definition) is 0. The van der Waals surface area contributed by atoms with Gasteiger partial charge in [0, 0.05) is 0 Å². The van der Waals surface area contributed by atoms with E-state index in [4.69, 9.17) is 9.47 Å². The first kappa shape index (κ1) is 14.8. The van der Waals surface area contributed by atoms with E-state index in [2.05, 4.69) is 6.07 Å². The van der Waals surface area contributed by atoms with Crippen molar-refractivity contribution in [1.82, 2.24) is 0 Å². The van der Waals surface area contributed by atoms with Crippen LogP contribution in [0.2, 0.25) is 0 Å². The van der Waals surface area contributed by atoms with Crippen LogP contribution in [0.25, 0.3) is 10.8 Å².